The van der Waals surface area contributed by atoms with E-state index < -0.39 is 35.2 Å². The minimum atomic E-state index is -4.46. The fraction of sp³-hybridized carbons (Fsp3) is 0.345. The van der Waals surface area contributed by atoms with Crippen LogP contribution in [-0.4, -0.2) is 23.6 Å². The van der Waals surface area contributed by atoms with E-state index in [1.165, 1.54) is 23.8 Å². The van der Waals surface area contributed by atoms with Gasteiger partial charge in [-0.2, -0.15) is 13.2 Å². The van der Waals surface area contributed by atoms with Crippen LogP contribution < -0.4 is 10.9 Å². The molecule has 0 saturated heterocycles. The summed E-state index contributed by atoms with van der Waals surface area (Å²) >= 11 is 0. The fourth-order valence-electron chi connectivity index (χ4n) is 4.80. The van der Waals surface area contributed by atoms with Crippen LogP contribution in [0.25, 0.3) is 0 Å². The first kappa shape index (κ1) is 27.2. The molecule has 0 radical (unpaired) electrons. The number of ether oxygens (including phenoxy) is 1. The average Bonchev–Trinajstić information content (AvgIpc) is 2.89. The maximum atomic E-state index is 13.7. The Kier molecular flexibility index (Phi) is 8.34. The van der Waals surface area contributed by atoms with Crippen molar-refractivity contribution in [3.8, 4) is 0 Å². The van der Waals surface area contributed by atoms with E-state index in [1.54, 1.807) is 36.4 Å². The Morgan fingerprint density at radius 1 is 0.974 bits per heavy atom. The zero-order valence-electron chi connectivity index (χ0n) is 21.0. The molecule has 0 aliphatic heterocycles. The molecule has 2 aromatic carbocycles. The van der Waals surface area contributed by atoms with Gasteiger partial charge in [-0.1, -0.05) is 55.3 Å². The number of hydrogen-bond donors (Lipinski definition) is 1. The Bertz CT molecular complexity index is 1350. The summed E-state index contributed by atoms with van der Waals surface area (Å²) in [5, 5.41) is 2.64. The molecular formula is C29H29F3N2O4. The van der Waals surface area contributed by atoms with E-state index in [2.05, 4.69) is 5.32 Å². The van der Waals surface area contributed by atoms with Gasteiger partial charge in [0.1, 0.15) is 5.56 Å². The van der Waals surface area contributed by atoms with Gasteiger partial charge in [-0.25, -0.2) is 4.79 Å². The third-order valence-electron chi connectivity index (χ3n) is 6.81. The molecule has 0 spiro atoms. The first-order valence-electron chi connectivity index (χ1n) is 12.5. The number of nitrogens with one attached hydrogen (secondary N) is 1. The van der Waals surface area contributed by atoms with Crippen molar-refractivity contribution in [3.05, 3.63) is 105 Å². The van der Waals surface area contributed by atoms with Gasteiger partial charge in [0, 0.05) is 5.69 Å². The summed E-state index contributed by atoms with van der Waals surface area (Å²) in [6.07, 6.45) is 0.623. The molecule has 1 amide bonds. The largest absolute Gasteiger partial charge is 0.467 e. The molecule has 0 fully saturated rings. The number of fused-ring (bicyclic) bond motifs is 1. The molecule has 1 aromatic heterocycles. The fourth-order valence-corrected chi connectivity index (χ4v) is 4.80. The van der Waals surface area contributed by atoms with Crippen molar-refractivity contribution in [1.82, 2.24) is 9.88 Å². The van der Waals surface area contributed by atoms with Crippen molar-refractivity contribution in [3.63, 3.8) is 0 Å². The highest BCUT2D eigenvalue weighted by molar-refractivity contribution is 5.97. The molecule has 6 nitrogen and oxygen atoms in total. The Hall–Kier alpha value is -3.88. The lowest BCUT2D eigenvalue weighted by Crippen LogP contribution is -2.39. The zero-order chi connectivity index (χ0) is 27.3. The van der Waals surface area contributed by atoms with E-state index in [1.807, 2.05) is 0 Å². The summed E-state index contributed by atoms with van der Waals surface area (Å²) in [5.74, 6) is -1.40. The SMILES string of the molecule is COC(=O)C(NC(=O)c1cc2c(n(Cc3ccc(C(F)(F)F)cc3)c1=O)CCCCCC2)c1ccccc1. The van der Waals surface area contributed by atoms with Crippen LogP contribution in [0, 0.1) is 0 Å². The van der Waals surface area contributed by atoms with Crippen molar-refractivity contribution in [2.45, 2.75) is 57.3 Å². The Labute approximate surface area is 218 Å². The van der Waals surface area contributed by atoms with Gasteiger partial charge >= 0.3 is 12.1 Å². The summed E-state index contributed by atoms with van der Waals surface area (Å²) in [5.41, 5.74) is 1.21. The zero-order valence-corrected chi connectivity index (χ0v) is 21.0. The van der Waals surface area contributed by atoms with Crippen LogP contribution in [0.4, 0.5) is 13.2 Å². The molecular weight excluding hydrogens is 497 g/mol. The average molecular weight is 527 g/mol. The van der Waals surface area contributed by atoms with Crippen molar-refractivity contribution >= 4 is 11.9 Å². The number of alkyl halides is 3. The van der Waals surface area contributed by atoms with Gasteiger partial charge < -0.3 is 14.6 Å². The van der Waals surface area contributed by atoms with Crippen molar-refractivity contribution in [2.75, 3.05) is 7.11 Å². The van der Waals surface area contributed by atoms with Crippen LogP contribution in [0.15, 0.2) is 65.5 Å². The molecule has 1 N–H and O–H groups in total. The van der Waals surface area contributed by atoms with Gasteiger partial charge in [0.15, 0.2) is 6.04 Å². The van der Waals surface area contributed by atoms with Crippen molar-refractivity contribution in [1.29, 1.82) is 0 Å². The van der Waals surface area contributed by atoms with E-state index in [-0.39, 0.29) is 12.1 Å². The highest BCUT2D eigenvalue weighted by Gasteiger charge is 2.30. The number of aryl methyl sites for hydroxylation is 1. The van der Waals surface area contributed by atoms with Crippen LogP contribution in [-0.2, 0) is 35.1 Å². The second-order valence-corrected chi connectivity index (χ2v) is 9.37. The summed E-state index contributed by atoms with van der Waals surface area (Å²) in [6.45, 7) is 0.0273. The molecule has 1 aliphatic carbocycles. The number of pyridine rings is 1. The maximum Gasteiger partial charge on any atom is 0.416 e. The van der Waals surface area contributed by atoms with Crippen LogP contribution in [0.3, 0.4) is 0 Å². The summed E-state index contributed by atoms with van der Waals surface area (Å²) in [7, 11) is 1.22. The lowest BCUT2D eigenvalue weighted by Gasteiger charge is -2.22. The number of aromatic nitrogens is 1. The number of benzene rings is 2. The first-order valence-corrected chi connectivity index (χ1v) is 12.5. The number of nitrogens with zero attached hydrogens (tertiary/aromatic N) is 1. The number of carbonyl (C=O) groups is 2. The van der Waals surface area contributed by atoms with Crippen LogP contribution in [0.5, 0.6) is 0 Å². The van der Waals surface area contributed by atoms with Gasteiger partial charge in [0.25, 0.3) is 11.5 Å². The highest BCUT2D eigenvalue weighted by atomic mass is 19.4. The molecule has 1 atom stereocenters. The second kappa shape index (κ2) is 11.7. The van der Waals surface area contributed by atoms with Crippen LogP contribution >= 0.6 is 0 Å². The number of hydrogen-bond acceptors (Lipinski definition) is 4. The van der Waals surface area contributed by atoms with Crippen molar-refractivity contribution in [2.24, 2.45) is 0 Å². The number of methoxy groups -OCH3 is 1. The minimum absolute atomic E-state index is 0.0273. The summed E-state index contributed by atoms with van der Waals surface area (Å²) < 4.78 is 45.5. The van der Waals surface area contributed by atoms with E-state index in [0.717, 1.165) is 49.1 Å². The van der Waals surface area contributed by atoms with Gasteiger partial charge in [-0.3, -0.25) is 9.59 Å². The Morgan fingerprint density at radius 3 is 2.26 bits per heavy atom. The predicted octanol–water partition coefficient (Wildman–Crippen LogP) is 5.22. The molecule has 38 heavy (non-hydrogen) atoms. The number of amides is 1. The lowest BCUT2D eigenvalue weighted by atomic mass is 9.95. The number of esters is 1. The molecule has 1 heterocycles. The first-order chi connectivity index (χ1) is 18.2. The molecule has 1 unspecified atom stereocenters. The molecule has 0 bridgehead atoms. The van der Waals surface area contributed by atoms with E-state index in [9.17, 15) is 27.6 Å². The van der Waals surface area contributed by atoms with Crippen molar-refractivity contribution < 1.29 is 27.5 Å². The normalized spacial score (nSPS) is 14.5. The third-order valence-corrected chi connectivity index (χ3v) is 6.81. The molecule has 4 rings (SSSR count). The van der Waals surface area contributed by atoms with E-state index >= 15 is 0 Å². The van der Waals surface area contributed by atoms with Gasteiger partial charge in [-0.15, -0.1) is 0 Å². The summed E-state index contributed by atoms with van der Waals surface area (Å²) in [6, 6.07) is 13.7. The maximum absolute atomic E-state index is 13.7. The Morgan fingerprint density at radius 2 is 1.63 bits per heavy atom. The number of rotatable bonds is 6. The lowest BCUT2D eigenvalue weighted by molar-refractivity contribution is -0.143. The molecule has 200 valence electrons. The topological polar surface area (TPSA) is 77.4 Å². The smallest absolute Gasteiger partial charge is 0.416 e. The summed E-state index contributed by atoms with van der Waals surface area (Å²) in [4.78, 5) is 39.6. The van der Waals surface area contributed by atoms with Gasteiger partial charge in [0.05, 0.1) is 19.2 Å². The minimum Gasteiger partial charge on any atom is -0.467 e. The third kappa shape index (κ3) is 6.15. The standard InChI is InChI=1S/C29H29F3N2O4/c1-38-28(37)25(20-9-6-4-7-10-20)33-26(35)23-17-21-11-5-2-3-8-12-24(21)34(27(23)36)18-19-13-15-22(16-14-19)29(30,31)32/h4,6-7,9-10,13-17,25H,2-3,5,8,11-12,18H2,1H3,(H,33,35). The van der Waals surface area contributed by atoms with Crippen LogP contribution in [0.1, 0.15) is 70.0 Å². The number of halogens is 3. The van der Waals surface area contributed by atoms with Gasteiger partial charge in [-0.05, 0) is 60.6 Å². The Balaban J connectivity index is 1.74. The van der Waals surface area contributed by atoms with E-state index in [4.69, 9.17) is 4.74 Å². The molecule has 9 heteroatoms. The number of carbonyl (C=O) groups excluding carboxylic acids is 2. The quantitative estimate of drug-likeness (QED) is 0.447. The van der Waals surface area contributed by atoms with Crippen LogP contribution in [0.2, 0.25) is 0 Å². The predicted molar refractivity (Wildman–Crippen MR) is 136 cm³/mol. The molecule has 3 aromatic rings. The second-order valence-electron chi connectivity index (χ2n) is 9.37. The highest BCUT2D eigenvalue weighted by Crippen LogP contribution is 2.29. The molecule has 0 saturated carbocycles. The molecule has 1 aliphatic rings. The van der Waals surface area contributed by atoms with Gasteiger partial charge in [0.2, 0.25) is 0 Å². The monoisotopic (exact) mass is 526 g/mol. The van der Waals surface area contributed by atoms with E-state index in [0.29, 0.717) is 24.0 Å².